The summed E-state index contributed by atoms with van der Waals surface area (Å²) in [5.41, 5.74) is 2.01. The van der Waals surface area contributed by atoms with Crippen molar-refractivity contribution in [3.05, 3.63) is 41.9 Å². The van der Waals surface area contributed by atoms with Gasteiger partial charge in [-0.05, 0) is 31.0 Å². The number of aromatic nitrogens is 4. The number of fused-ring (bicyclic) bond motifs is 1. The lowest BCUT2D eigenvalue weighted by Crippen LogP contribution is -2.17. The van der Waals surface area contributed by atoms with E-state index in [0.717, 1.165) is 41.7 Å². The van der Waals surface area contributed by atoms with Crippen LogP contribution in [0.15, 0.2) is 30.5 Å². The van der Waals surface area contributed by atoms with Crippen LogP contribution in [0.25, 0.3) is 10.9 Å². The summed E-state index contributed by atoms with van der Waals surface area (Å²) in [4.78, 5) is 20.0. The molecule has 0 radical (unpaired) electrons. The molecule has 1 aliphatic heterocycles. The van der Waals surface area contributed by atoms with Crippen molar-refractivity contribution in [3.8, 4) is 0 Å². The molecule has 0 bridgehead atoms. The van der Waals surface area contributed by atoms with E-state index in [1.165, 1.54) is 0 Å². The van der Waals surface area contributed by atoms with E-state index >= 15 is 0 Å². The molecule has 1 aromatic carbocycles. The molecule has 3 aromatic rings. The van der Waals surface area contributed by atoms with Crippen LogP contribution in [-0.2, 0) is 18.3 Å². The second kappa shape index (κ2) is 6.09. The van der Waals surface area contributed by atoms with Crippen molar-refractivity contribution < 1.29 is 4.79 Å². The number of anilines is 1. The minimum atomic E-state index is -0.0961. The van der Waals surface area contributed by atoms with Gasteiger partial charge < -0.3 is 10.3 Å². The Morgan fingerprint density at radius 3 is 3.12 bits per heavy atom. The van der Waals surface area contributed by atoms with Crippen molar-refractivity contribution in [3.63, 3.8) is 0 Å². The van der Waals surface area contributed by atoms with Gasteiger partial charge in [0.2, 0.25) is 11.9 Å². The van der Waals surface area contributed by atoms with Gasteiger partial charge in [0.1, 0.15) is 0 Å². The van der Waals surface area contributed by atoms with Crippen LogP contribution in [0.3, 0.4) is 0 Å². The van der Waals surface area contributed by atoms with Crippen LogP contribution in [0.5, 0.6) is 0 Å². The Morgan fingerprint density at radius 1 is 1.42 bits per heavy atom. The van der Waals surface area contributed by atoms with E-state index < -0.39 is 0 Å². The molecule has 0 unspecified atom stereocenters. The van der Waals surface area contributed by atoms with E-state index in [1.807, 2.05) is 30.5 Å². The Hall–Kier alpha value is -2.67. The van der Waals surface area contributed by atoms with Crippen molar-refractivity contribution in [1.82, 2.24) is 25.1 Å². The fraction of sp³-hybridized carbons (Fsp3) is 0.353. The average Bonchev–Trinajstić information content (AvgIpc) is 3.29. The van der Waals surface area contributed by atoms with Crippen LogP contribution >= 0.6 is 0 Å². The molecule has 3 heterocycles. The van der Waals surface area contributed by atoms with Gasteiger partial charge in [-0.25, -0.2) is 4.68 Å². The zero-order chi connectivity index (χ0) is 16.5. The number of carbonyl (C=O) groups is 1. The number of rotatable bonds is 4. The molecular formula is C17H20N6O. The van der Waals surface area contributed by atoms with E-state index in [-0.39, 0.29) is 11.9 Å². The fourth-order valence-electron chi connectivity index (χ4n) is 3.19. The Balaban J connectivity index is 1.48. The van der Waals surface area contributed by atoms with E-state index in [0.29, 0.717) is 12.4 Å². The Kier molecular flexibility index (Phi) is 3.78. The fourth-order valence-corrected chi connectivity index (χ4v) is 3.19. The largest absolute Gasteiger partial charge is 0.361 e. The van der Waals surface area contributed by atoms with Gasteiger partial charge in [0, 0.05) is 24.1 Å². The molecule has 1 saturated heterocycles. The Bertz CT molecular complexity index is 874. The monoisotopic (exact) mass is 324 g/mol. The number of H-pyrrole nitrogens is 1. The molecule has 2 aromatic heterocycles. The predicted molar refractivity (Wildman–Crippen MR) is 91.6 cm³/mol. The molecule has 4 rings (SSSR count). The average molecular weight is 324 g/mol. The zero-order valence-corrected chi connectivity index (χ0v) is 13.5. The Labute approximate surface area is 139 Å². The third-order valence-electron chi connectivity index (χ3n) is 4.43. The number of nitrogens with one attached hydrogen (secondary N) is 3. The van der Waals surface area contributed by atoms with E-state index in [2.05, 4.69) is 25.7 Å². The van der Waals surface area contributed by atoms with Crippen LogP contribution in [0, 0.1) is 0 Å². The van der Waals surface area contributed by atoms with Crippen LogP contribution in [0.2, 0.25) is 0 Å². The first kappa shape index (κ1) is 14.9. The summed E-state index contributed by atoms with van der Waals surface area (Å²) < 4.78 is 1.63. The molecule has 3 N–H and O–H groups in total. The molecule has 124 valence electrons. The van der Waals surface area contributed by atoms with E-state index in [4.69, 9.17) is 0 Å². The highest BCUT2D eigenvalue weighted by molar-refractivity contribution is 5.94. The number of benzene rings is 1. The first-order valence-electron chi connectivity index (χ1n) is 8.20. The number of nitrogens with zero attached hydrogens (tertiary/aromatic N) is 3. The maximum absolute atomic E-state index is 12.4. The molecule has 1 fully saturated rings. The third-order valence-corrected chi connectivity index (χ3v) is 4.43. The zero-order valence-electron chi connectivity index (χ0n) is 13.5. The molecule has 1 atom stereocenters. The van der Waals surface area contributed by atoms with Crippen molar-refractivity contribution >= 4 is 22.8 Å². The molecule has 1 amide bonds. The lowest BCUT2D eigenvalue weighted by Gasteiger charge is -2.03. The van der Waals surface area contributed by atoms with Gasteiger partial charge in [0.25, 0.3) is 0 Å². The van der Waals surface area contributed by atoms with Crippen LogP contribution in [-0.4, -0.2) is 32.2 Å². The molecule has 0 saturated carbocycles. The van der Waals surface area contributed by atoms with Crippen molar-refractivity contribution in [2.45, 2.75) is 25.3 Å². The second-order valence-corrected chi connectivity index (χ2v) is 6.15. The number of carbonyl (C=O) groups excluding carboxylic acids is 1. The molecule has 24 heavy (non-hydrogen) atoms. The topological polar surface area (TPSA) is 87.6 Å². The molecule has 7 nitrogen and oxygen atoms in total. The number of hydrogen-bond donors (Lipinski definition) is 3. The summed E-state index contributed by atoms with van der Waals surface area (Å²) in [6, 6.07) is 8.15. The van der Waals surface area contributed by atoms with Gasteiger partial charge in [0.15, 0.2) is 5.82 Å². The summed E-state index contributed by atoms with van der Waals surface area (Å²) in [6.07, 6.45) is 4.35. The van der Waals surface area contributed by atoms with E-state index in [1.54, 1.807) is 11.7 Å². The first-order valence-corrected chi connectivity index (χ1v) is 8.20. The number of amides is 1. The maximum Gasteiger partial charge on any atom is 0.231 e. The highest BCUT2D eigenvalue weighted by atomic mass is 16.1. The predicted octanol–water partition coefficient (Wildman–Crippen LogP) is 1.90. The van der Waals surface area contributed by atoms with Gasteiger partial charge in [0.05, 0.1) is 12.5 Å². The smallest absolute Gasteiger partial charge is 0.231 e. The summed E-state index contributed by atoms with van der Waals surface area (Å²) in [5, 5.41) is 11.7. The molecular weight excluding hydrogens is 304 g/mol. The SMILES string of the molecule is Cn1nc([C@H]2CCCN2)nc1NC(=O)Cc1c[nH]c2ccccc12. The van der Waals surface area contributed by atoms with Gasteiger partial charge in [-0.2, -0.15) is 10.1 Å². The standard InChI is InChI=1S/C17H20N6O/c1-23-17(21-16(22-23)14-7-4-8-18-14)20-15(24)9-11-10-19-13-6-3-2-5-12(11)13/h2-3,5-6,10,14,18-19H,4,7-9H2,1H3,(H,20,21,22,24)/t14-/m1/s1. The summed E-state index contributed by atoms with van der Waals surface area (Å²) >= 11 is 0. The lowest BCUT2D eigenvalue weighted by atomic mass is 10.1. The van der Waals surface area contributed by atoms with Crippen molar-refractivity contribution in [2.75, 3.05) is 11.9 Å². The van der Waals surface area contributed by atoms with Gasteiger partial charge in [-0.1, -0.05) is 18.2 Å². The summed E-state index contributed by atoms with van der Waals surface area (Å²) in [5.74, 6) is 1.14. The lowest BCUT2D eigenvalue weighted by molar-refractivity contribution is -0.115. The quantitative estimate of drug-likeness (QED) is 0.684. The number of hydrogen-bond acceptors (Lipinski definition) is 4. The molecule has 0 aliphatic carbocycles. The number of aryl methyl sites for hydroxylation is 1. The molecule has 1 aliphatic rings. The highest BCUT2D eigenvalue weighted by Gasteiger charge is 2.22. The minimum Gasteiger partial charge on any atom is -0.361 e. The van der Waals surface area contributed by atoms with Crippen LogP contribution in [0.1, 0.15) is 30.3 Å². The second-order valence-electron chi connectivity index (χ2n) is 6.15. The normalized spacial score (nSPS) is 17.5. The van der Waals surface area contributed by atoms with Gasteiger partial charge in [-0.15, -0.1) is 0 Å². The molecule has 0 spiro atoms. The van der Waals surface area contributed by atoms with Crippen molar-refractivity contribution in [2.24, 2.45) is 7.05 Å². The van der Waals surface area contributed by atoms with Crippen LogP contribution in [0.4, 0.5) is 5.95 Å². The van der Waals surface area contributed by atoms with Gasteiger partial charge in [-0.3, -0.25) is 10.1 Å². The highest BCUT2D eigenvalue weighted by Crippen LogP contribution is 2.22. The van der Waals surface area contributed by atoms with E-state index in [9.17, 15) is 4.79 Å². The van der Waals surface area contributed by atoms with Crippen molar-refractivity contribution in [1.29, 1.82) is 0 Å². The summed E-state index contributed by atoms with van der Waals surface area (Å²) in [6.45, 7) is 0.991. The Morgan fingerprint density at radius 2 is 2.29 bits per heavy atom. The van der Waals surface area contributed by atoms with Gasteiger partial charge >= 0.3 is 0 Å². The maximum atomic E-state index is 12.4. The minimum absolute atomic E-state index is 0.0961. The molecule has 7 heteroatoms. The number of aromatic amines is 1. The third kappa shape index (κ3) is 2.78. The first-order chi connectivity index (χ1) is 11.7. The summed E-state index contributed by atoms with van der Waals surface area (Å²) in [7, 11) is 1.80. The van der Waals surface area contributed by atoms with Crippen LogP contribution < -0.4 is 10.6 Å². The number of para-hydroxylation sites is 1.